The molecule has 0 fully saturated rings. The molecule has 0 atom stereocenters. The highest BCUT2D eigenvalue weighted by atomic mass is 16.5. The molecule has 2 heterocycles. The molecule has 0 unspecified atom stereocenters. The van der Waals surface area contributed by atoms with E-state index < -0.39 is 11.2 Å². The summed E-state index contributed by atoms with van der Waals surface area (Å²) in [5, 5.41) is 9.47. The normalized spacial score (nSPS) is 10.5. The van der Waals surface area contributed by atoms with Crippen LogP contribution in [0.4, 0.5) is 11.4 Å². The molecule has 2 aromatic heterocycles. The van der Waals surface area contributed by atoms with Gasteiger partial charge in [0.15, 0.2) is 0 Å². The van der Waals surface area contributed by atoms with Gasteiger partial charge in [-0.2, -0.15) is 5.10 Å². The van der Waals surface area contributed by atoms with Crippen LogP contribution in [0.3, 0.4) is 0 Å². The molecule has 3 rings (SSSR count). The van der Waals surface area contributed by atoms with Crippen molar-refractivity contribution >= 4 is 23.2 Å². The summed E-state index contributed by atoms with van der Waals surface area (Å²) in [5.74, 6) is 0.0805. The summed E-state index contributed by atoms with van der Waals surface area (Å²) in [4.78, 5) is 52.0. The predicted molar refractivity (Wildman–Crippen MR) is 113 cm³/mol. The first-order chi connectivity index (χ1) is 14.8. The zero-order valence-electron chi connectivity index (χ0n) is 17.0. The van der Waals surface area contributed by atoms with Crippen molar-refractivity contribution in [3.63, 3.8) is 0 Å². The number of carbonyl (C=O) groups is 2. The van der Waals surface area contributed by atoms with Gasteiger partial charge in [0.1, 0.15) is 12.3 Å². The molecule has 2 amide bonds. The fraction of sp³-hybridized carbons (Fsp3) is 0.250. The van der Waals surface area contributed by atoms with Crippen LogP contribution in [-0.2, 0) is 22.6 Å². The summed E-state index contributed by atoms with van der Waals surface area (Å²) < 4.78 is 6.46. The lowest BCUT2D eigenvalue weighted by atomic mass is 10.1. The number of nitrogens with one attached hydrogen (secondary N) is 4. The SMILES string of the molecule is COc1ccc(NC(=O)Cn2cc(NC(=O)CCc3c(C)[nH]c(=O)[nH]c3=O)cn2)cc1. The highest BCUT2D eigenvalue weighted by molar-refractivity contribution is 5.91. The Labute approximate surface area is 176 Å². The topological polar surface area (TPSA) is 151 Å². The van der Waals surface area contributed by atoms with E-state index in [1.54, 1.807) is 38.3 Å². The third-order valence-electron chi connectivity index (χ3n) is 4.45. The maximum atomic E-state index is 12.2. The second kappa shape index (κ2) is 9.57. The van der Waals surface area contributed by atoms with Crippen molar-refractivity contribution in [3.05, 3.63) is 68.8 Å². The van der Waals surface area contributed by atoms with E-state index in [1.165, 1.54) is 17.1 Å². The van der Waals surface area contributed by atoms with Crippen LogP contribution in [0.15, 0.2) is 46.2 Å². The van der Waals surface area contributed by atoms with Gasteiger partial charge in [0.05, 0.1) is 19.0 Å². The lowest BCUT2D eigenvalue weighted by Gasteiger charge is -2.06. The van der Waals surface area contributed by atoms with E-state index in [4.69, 9.17) is 4.74 Å². The van der Waals surface area contributed by atoms with Crippen LogP contribution in [0.5, 0.6) is 5.75 Å². The van der Waals surface area contributed by atoms with Crippen molar-refractivity contribution in [2.24, 2.45) is 0 Å². The van der Waals surface area contributed by atoms with Crippen molar-refractivity contribution in [2.75, 3.05) is 17.7 Å². The number of amides is 2. The molecule has 3 aromatic rings. The standard InChI is InChI=1S/C20H22N6O5/c1-12-16(19(29)25-20(30)22-12)7-8-17(27)24-14-9-21-26(10-14)11-18(28)23-13-3-5-15(31-2)6-4-13/h3-6,9-10H,7-8,11H2,1-2H3,(H,23,28)(H,24,27)(H2,22,25,29,30). The Morgan fingerprint density at radius 3 is 2.45 bits per heavy atom. The van der Waals surface area contributed by atoms with E-state index in [0.29, 0.717) is 28.4 Å². The van der Waals surface area contributed by atoms with Gasteiger partial charge in [-0.3, -0.25) is 24.0 Å². The molecule has 0 spiro atoms. The largest absolute Gasteiger partial charge is 0.497 e. The smallest absolute Gasteiger partial charge is 0.325 e. The fourth-order valence-corrected chi connectivity index (χ4v) is 2.93. The number of ether oxygens (including phenoxy) is 1. The molecule has 11 heteroatoms. The molecule has 162 valence electrons. The number of rotatable bonds is 8. The quantitative estimate of drug-likeness (QED) is 0.418. The van der Waals surface area contributed by atoms with Crippen molar-refractivity contribution in [1.29, 1.82) is 0 Å². The van der Waals surface area contributed by atoms with E-state index in [0.717, 1.165) is 0 Å². The van der Waals surface area contributed by atoms with Crippen LogP contribution in [0, 0.1) is 6.92 Å². The lowest BCUT2D eigenvalue weighted by molar-refractivity contribution is -0.117. The number of aromatic amines is 2. The molecule has 0 aliphatic rings. The molecular formula is C20H22N6O5. The number of methoxy groups -OCH3 is 1. The van der Waals surface area contributed by atoms with Crippen LogP contribution in [-0.4, -0.2) is 38.7 Å². The first-order valence-corrected chi connectivity index (χ1v) is 9.42. The summed E-state index contributed by atoms with van der Waals surface area (Å²) in [6, 6.07) is 6.92. The molecule has 0 saturated heterocycles. The number of aromatic nitrogens is 4. The molecule has 0 aliphatic heterocycles. The monoisotopic (exact) mass is 426 g/mol. The minimum absolute atomic E-state index is 0.0339. The number of H-pyrrole nitrogens is 2. The average Bonchev–Trinajstić information content (AvgIpc) is 3.14. The molecule has 0 saturated carbocycles. The number of nitrogens with zero attached hydrogens (tertiary/aromatic N) is 2. The second-order valence-corrected chi connectivity index (χ2v) is 6.76. The maximum absolute atomic E-state index is 12.2. The number of hydrogen-bond donors (Lipinski definition) is 4. The summed E-state index contributed by atoms with van der Waals surface area (Å²) in [6.45, 7) is 1.57. The average molecular weight is 426 g/mol. The number of hydrogen-bond acceptors (Lipinski definition) is 6. The lowest BCUT2D eigenvalue weighted by Crippen LogP contribution is -2.27. The van der Waals surface area contributed by atoms with Gasteiger partial charge in [0, 0.05) is 29.6 Å². The van der Waals surface area contributed by atoms with E-state index in [-0.39, 0.29) is 31.2 Å². The van der Waals surface area contributed by atoms with E-state index in [1.807, 2.05) is 0 Å². The van der Waals surface area contributed by atoms with Gasteiger partial charge >= 0.3 is 5.69 Å². The summed E-state index contributed by atoms with van der Waals surface area (Å²) in [7, 11) is 1.56. The van der Waals surface area contributed by atoms with Gasteiger partial charge < -0.3 is 20.4 Å². The Bertz CT molecular complexity index is 1190. The zero-order valence-corrected chi connectivity index (χ0v) is 17.0. The number of anilines is 2. The number of carbonyl (C=O) groups excluding carboxylic acids is 2. The van der Waals surface area contributed by atoms with Crippen LogP contribution in [0.2, 0.25) is 0 Å². The van der Waals surface area contributed by atoms with Crippen LogP contribution >= 0.6 is 0 Å². The highest BCUT2D eigenvalue weighted by Crippen LogP contribution is 2.15. The van der Waals surface area contributed by atoms with Crippen LogP contribution < -0.4 is 26.6 Å². The Hall–Kier alpha value is -4.15. The number of benzene rings is 1. The fourth-order valence-electron chi connectivity index (χ4n) is 2.93. The van der Waals surface area contributed by atoms with Crippen LogP contribution in [0.1, 0.15) is 17.7 Å². The van der Waals surface area contributed by atoms with Gasteiger partial charge in [-0.1, -0.05) is 0 Å². The molecule has 31 heavy (non-hydrogen) atoms. The van der Waals surface area contributed by atoms with E-state index in [2.05, 4.69) is 25.7 Å². The molecule has 11 nitrogen and oxygen atoms in total. The van der Waals surface area contributed by atoms with Gasteiger partial charge in [-0.05, 0) is 37.6 Å². The summed E-state index contributed by atoms with van der Waals surface area (Å²) in [6.07, 6.45) is 3.17. The maximum Gasteiger partial charge on any atom is 0.325 e. The minimum atomic E-state index is -0.584. The van der Waals surface area contributed by atoms with Crippen molar-refractivity contribution < 1.29 is 14.3 Å². The molecule has 1 aromatic carbocycles. The molecular weight excluding hydrogens is 404 g/mol. The van der Waals surface area contributed by atoms with Crippen molar-refractivity contribution in [3.8, 4) is 5.75 Å². The van der Waals surface area contributed by atoms with E-state index >= 15 is 0 Å². The Balaban J connectivity index is 1.51. The second-order valence-electron chi connectivity index (χ2n) is 6.76. The predicted octanol–water partition coefficient (Wildman–Crippen LogP) is 0.787. The first-order valence-electron chi connectivity index (χ1n) is 9.42. The van der Waals surface area contributed by atoms with Gasteiger partial charge in [-0.25, -0.2) is 4.79 Å². The summed E-state index contributed by atoms with van der Waals surface area (Å²) >= 11 is 0. The third kappa shape index (κ3) is 5.92. The minimum Gasteiger partial charge on any atom is -0.497 e. The Morgan fingerprint density at radius 2 is 1.77 bits per heavy atom. The molecule has 0 aliphatic carbocycles. The molecule has 0 radical (unpaired) electrons. The number of aryl methyl sites for hydroxylation is 1. The third-order valence-corrected chi connectivity index (χ3v) is 4.45. The van der Waals surface area contributed by atoms with E-state index in [9.17, 15) is 19.2 Å². The highest BCUT2D eigenvalue weighted by Gasteiger charge is 2.11. The Kier molecular flexibility index (Phi) is 6.65. The van der Waals surface area contributed by atoms with Crippen molar-refractivity contribution in [2.45, 2.75) is 26.3 Å². The Morgan fingerprint density at radius 1 is 1.06 bits per heavy atom. The molecule has 4 N–H and O–H groups in total. The summed E-state index contributed by atoms with van der Waals surface area (Å²) in [5.41, 5.74) is 0.732. The van der Waals surface area contributed by atoms with Crippen molar-refractivity contribution in [1.82, 2.24) is 19.7 Å². The molecule has 0 bridgehead atoms. The van der Waals surface area contributed by atoms with Gasteiger partial charge in [0.2, 0.25) is 11.8 Å². The van der Waals surface area contributed by atoms with Gasteiger partial charge in [0.25, 0.3) is 5.56 Å². The zero-order chi connectivity index (χ0) is 22.4. The first kappa shape index (κ1) is 21.6. The van der Waals surface area contributed by atoms with Crippen LogP contribution in [0.25, 0.3) is 0 Å². The van der Waals surface area contributed by atoms with Gasteiger partial charge in [-0.15, -0.1) is 0 Å².